The Labute approximate surface area is 118 Å². The molecular weight excluding hydrogens is 250 g/mol. The molecule has 2 aromatic rings. The van der Waals surface area contributed by atoms with E-state index in [4.69, 9.17) is 0 Å². The van der Waals surface area contributed by atoms with Gasteiger partial charge in [-0.1, -0.05) is 12.1 Å². The van der Waals surface area contributed by atoms with E-state index in [1.807, 2.05) is 12.1 Å². The van der Waals surface area contributed by atoms with Crippen molar-refractivity contribution in [3.05, 3.63) is 59.2 Å². The summed E-state index contributed by atoms with van der Waals surface area (Å²) in [4.78, 5) is 12.2. The first-order valence-corrected chi connectivity index (χ1v) is 6.94. The van der Waals surface area contributed by atoms with Crippen molar-refractivity contribution in [3.63, 3.8) is 0 Å². The van der Waals surface area contributed by atoms with Crippen LogP contribution >= 0.6 is 0 Å². The van der Waals surface area contributed by atoms with Gasteiger partial charge in [0.2, 0.25) is 0 Å². The van der Waals surface area contributed by atoms with Crippen molar-refractivity contribution in [2.75, 3.05) is 5.32 Å². The molecule has 3 rings (SSSR count). The number of carbonyl (C=O) groups excluding carboxylic acids is 1. The molecule has 0 atom stereocenters. The predicted octanol–water partition coefficient (Wildman–Crippen LogP) is 3.52. The van der Waals surface area contributed by atoms with Crippen LogP contribution in [0.2, 0.25) is 0 Å². The van der Waals surface area contributed by atoms with Gasteiger partial charge in [0.1, 0.15) is 5.75 Å². The van der Waals surface area contributed by atoms with Gasteiger partial charge in [0.25, 0.3) is 5.91 Å². The molecule has 3 nitrogen and oxygen atoms in total. The van der Waals surface area contributed by atoms with E-state index in [0.29, 0.717) is 11.3 Å². The van der Waals surface area contributed by atoms with E-state index in [9.17, 15) is 9.90 Å². The molecular formula is C17H17NO2. The van der Waals surface area contributed by atoms with Crippen LogP contribution in [0.15, 0.2) is 42.5 Å². The first-order valence-electron chi connectivity index (χ1n) is 6.94. The van der Waals surface area contributed by atoms with Crippen molar-refractivity contribution < 1.29 is 9.90 Å². The molecule has 0 saturated heterocycles. The summed E-state index contributed by atoms with van der Waals surface area (Å²) in [5.74, 6) is 0.0113. The first kappa shape index (κ1) is 12.7. The van der Waals surface area contributed by atoms with E-state index in [1.54, 1.807) is 18.2 Å². The molecule has 0 bridgehead atoms. The maximum atomic E-state index is 12.2. The standard InChI is InChI=1S/C17H17NO2/c19-16-7-3-6-15(11-16)18-17(20)14-9-8-12-4-1-2-5-13(12)10-14/h3,6-11,19H,1-2,4-5H2,(H,18,20). The number of benzene rings is 2. The summed E-state index contributed by atoms with van der Waals surface area (Å²) in [6.45, 7) is 0. The van der Waals surface area contributed by atoms with Gasteiger partial charge in [-0.05, 0) is 61.1 Å². The fourth-order valence-corrected chi connectivity index (χ4v) is 2.66. The predicted molar refractivity (Wildman–Crippen MR) is 79.1 cm³/mol. The smallest absolute Gasteiger partial charge is 0.255 e. The number of phenolic OH excluding ortho intramolecular Hbond substituents is 1. The Bertz CT molecular complexity index is 649. The molecule has 0 unspecified atom stereocenters. The molecule has 20 heavy (non-hydrogen) atoms. The number of aryl methyl sites for hydroxylation is 2. The quantitative estimate of drug-likeness (QED) is 0.874. The van der Waals surface area contributed by atoms with Gasteiger partial charge < -0.3 is 10.4 Å². The van der Waals surface area contributed by atoms with Crippen LogP contribution in [0.25, 0.3) is 0 Å². The summed E-state index contributed by atoms with van der Waals surface area (Å²) in [5, 5.41) is 12.2. The Hall–Kier alpha value is -2.29. The molecule has 0 spiro atoms. The molecule has 2 N–H and O–H groups in total. The number of hydrogen-bond acceptors (Lipinski definition) is 2. The molecule has 102 valence electrons. The summed E-state index contributed by atoms with van der Waals surface area (Å²) in [6, 6.07) is 12.5. The third-order valence-electron chi connectivity index (χ3n) is 3.71. The van der Waals surface area contributed by atoms with Gasteiger partial charge in [-0.3, -0.25) is 4.79 Å². The van der Waals surface area contributed by atoms with Crippen molar-refractivity contribution in [1.29, 1.82) is 0 Å². The molecule has 1 aliphatic rings. The third-order valence-corrected chi connectivity index (χ3v) is 3.71. The molecule has 2 aromatic carbocycles. The van der Waals surface area contributed by atoms with Crippen molar-refractivity contribution in [2.24, 2.45) is 0 Å². The van der Waals surface area contributed by atoms with Crippen molar-refractivity contribution >= 4 is 11.6 Å². The molecule has 0 heterocycles. The topological polar surface area (TPSA) is 49.3 Å². The van der Waals surface area contributed by atoms with Crippen LogP contribution in [0.1, 0.15) is 34.3 Å². The van der Waals surface area contributed by atoms with Crippen LogP contribution in [0, 0.1) is 0 Å². The molecule has 0 fully saturated rings. The molecule has 1 amide bonds. The summed E-state index contributed by atoms with van der Waals surface area (Å²) in [7, 11) is 0. The number of rotatable bonds is 2. The highest BCUT2D eigenvalue weighted by Gasteiger charge is 2.13. The third kappa shape index (κ3) is 2.67. The van der Waals surface area contributed by atoms with E-state index in [1.165, 1.54) is 30.0 Å². The van der Waals surface area contributed by atoms with Crippen LogP contribution in [-0.2, 0) is 12.8 Å². The van der Waals surface area contributed by atoms with Gasteiger partial charge >= 0.3 is 0 Å². The van der Waals surface area contributed by atoms with Gasteiger partial charge in [0.15, 0.2) is 0 Å². The highest BCUT2D eigenvalue weighted by atomic mass is 16.3. The van der Waals surface area contributed by atoms with Gasteiger partial charge in [-0.15, -0.1) is 0 Å². The zero-order valence-corrected chi connectivity index (χ0v) is 11.2. The van der Waals surface area contributed by atoms with Crippen molar-refractivity contribution in [1.82, 2.24) is 0 Å². The number of phenols is 1. The molecule has 0 aliphatic heterocycles. The Morgan fingerprint density at radius 2 is 1.80 bits per heavy atom. The highest BCUT2D eigenvalue weighted by Crippen LogP contribution is 2.23. The number of aromatic hydroxyl groups is 1. The fraction of sp³-hybridized carbons (Fsp3) is 0.235. The van der Waals surface area contributed by atoms with Crippen LogP contribution < -0.4 is 5.32 Å². The minimum Gasteiger partial charge on any atom is -0.508 e. The minimum absolute atomic E-state index is 0.135. The van der Waals surface area contributed by atoms with Gasteiger partial charge in [-0.25, -0.2) is 0 Å². The Kier molecular flexibility index (Phi) is 3.42. The summed E-state index contributed by atoms with van der Waals surface area (Å²) in [5.41, 5.74) is 3.94. The SMILES string of the molecule is O=C(Nc1cccc(O)c1)c1ccc2c(c1)CCCC2. The number of amides is 1. The lowest BCUT2D eigenvalue weighted by Gasteiger charge is -2.16. The second-order valence-corrected chi connectivity index (χ2v) is 5.20. The van der Waals surface area contributed by atoms with Crippen LogP contribution in [0.5, 0.6) is 5.75 Å². The molecule has 0 radical (unpaired) electrons. The maximum absolute atomic E-state index is 12.2. The van der Waals surface area contributed by atoms with E-state index >= 15 is 0 Å². The lowest BCUT2D eigenvalue weighted by Crippen LogP contribution is -2.13. The van der Waals surface area contributed by atoms with Gasteiger partial charge in [0, 0.05) is 17.3 Å². The fourth-order valence-electron chi connectivity index (χ4n) is 2.66. The van der Waals surface area contributed by atoms with E-state index in [2.05, 4.69) is 11.4 Å². The largest absolute Gasteiger partial charge is 0.508 e. The monoisotopic (exact) mass is 267 g/mol. The maximum Gasteiger partial charge on any atom is 0.255 e. The minimum atomic E-state index is -0.135. The lowest BCUT2D eigenvalue weighted by atomic mass is 9.90. The molecule has 1 aliphatic carbocycles. The molecule has 0 aromatic heterocycles. The second kappa shape index (κ2) is 5.37. The number of hydrogen-bond donors (Lipinski definition) is 2. The van der Waals surface area contributed by atoms with E-state index < -0.39 is 0 Å². The average Bonchev–Trinajstić information content (AvgIpc) is 2.47. The van der Waals surface area contributed by atoms with E-state index in [0.717, 1.165) is 12.8 Å². The van der Waals surface area contributed by atoms with Gasteiger partial charge in [-0.2, -0.15) is 0 Å². The first-order chi connectivity index (χ1) is 9.72. The summed E-state index contributed by atoms with van der Waals surface area (Å²) >= 11 is 0. The Morgan fingerprint density at radius 1 is 1.00 bits per heavy atom. The van der Waals surface area contributed by atoms with Gasteiger partial charge in [0.05, 0.1) is 0 Å². The van der Waals surface area contributed by atoms with Crippen molar-refractivity contribution in [2.45, 2.75) is 25.7 Å². The number of anilines is 1. The van der Waals surface area contributed by atoms with Crippen molar-refractivity contribution in [3.8, 4) is 5.75 Å². The number of nitrogens with one attached hydrogen (secondary N) is 1. The Morgan fingerprint density at radius 3 is 2.60 bits per heavy atom. The summed E-state index contributed by atoms with van der Waals surface area (Å²) < 4.78 is 0. The second-order valence-electron chi connectivity index (χ2n) is 5.20. The number of fused-ring (bicyclic) bond motifs is 1. The zero-order chi connectivity index (χ0) is 13.9. The Balaban J connectivity index is 1.80. The highest BCUT2D eigenvalue weighted by molar-refractivity contribution is 6.04. The number of carbonyl (C=O) groups is 1. The van der Waals surface area contributed by atoms with Crippen LogP contribution in [0.3, 0.4) is 0 Å². The van der Waals surface area contributed by atoms with Crippen LogP contribution in [0.4, 0.5) is 5.69 Å². The van der Waals surface area contributed by atoms with Crippen LogP contribution in [-0.4, -0.2) is 11.0 Å². The van der Waals surface area contributed by atoms with E-state index in [-0.39, 0.29) is 11.7 Å². The zero-order valence-electron chi connectivity index (χ0n) is 11.2. The molecule has 3 heteroatoms. The average molecular weight is 267 g/mol. The molecule has 0 saturated carbocycles. The summed E-state index contributed by atoms with van der Waals surface area (Å²) in [6.07, 6.45) is 4.61. The normalized spacial score (nSPS) is 13.6. The lowest BCUT2D eigenvalue weighted by molar-refractivity contribution is 0.102.